The first kappa shape index (κ1) is 11.2. The molecule has 0 aliphatic carbocycles. The summed E-state index contributed by atoms with van der Waals surface area (Å²) in [7, 11) is 0. The maximum atomic E-state index is 9.75. The molecule has 1 rings (SSSR count). The highest BCUT2D eigenvalue weighted by molar-refractivity contribution is 5.23. The maximum absolute atomic E-state index is 9.75. The quantitative estimate of drug-likeness (QED) is 0.729. The summed E-state index contributed by atoms with van der Waals surface area (Å²) in [5.74, 6) is 0. The van der Waals surface area contributed by atoms with Gasteiger partial charge in [0.25, 0.3) is 0 Å². The van der Waals surface area contributed by atoms with Crippen molar-refractivity contribution in [3.63, 3.8) is 0 Å². The van der Waals surface area contributed by atoms with E-state index in [2.05, 4.69) is 6.92 Å². The molecule has 1 atom stereocenters. The zero-order valence-corrected chi connectivity index (χ0v) is 8.86. The number of aliphatic hydroxyl groups excluding tert-OH is 1. The lowest BCUT2D eigenvalue weighted by atomic mass is 10.1. The van der Waals surface area contributed by atoms with Crippen LogP contribution in [0.2, 0.25) is 0 Å². The second-order valence-corrected chi connectivity index (χ2v) is 3.50. The van der Waals surface area contributed by atoms with E-state index < -0.39 is 6.10 Å². The Balaban J connectivity index is 2.47. The molecule has 14 heavy (non-hydrogen) atoms. The number of aryl methyl sites for hydroxylation is 1. The molecule has 1 unspecified atom stereocenters. The first-order valence-corrected chi connectivity index (χ1v) is 5.06. The van der Waals surface area contributed by atoms with Gasteiger partial charge in [0.2, 0.25) is 0 Å². The van der Waals surface area contributed by atoms with E-state index in [0.717, 1.165) is 17.5 Å². The Bertz CT molecular complexity index is 271. The van der Waals surface area contributed by atoms with Crippen molar-refractivity contribution in [3.8, 4) is 0 Å². The van der Waals surface area contributed by atoms with Crippen LogP contribution in [-0.4, -0.2) is 18.3 Å². The molecule has 2 nitrogen and oxygen atoms in total. The van der Waals surface area contributed by atoms with Gasteiger partial charge in [-0.2, -0.15) is 0 Å². The molecule has 0 fully saturated rings. The number of aliphatic hydroxyl groups is 1. The molecule has 0 aromatic heterocycles. The molecule has 0 aliphatic rings. The van der Waals surface area contributed by atoms with Crippen LogP contribution >= 0.6 is 0 Å². The number of rotatable bonds is 5. The van der Waals surface area contributed by atoms with Crippen LogP contribution in [0.3, 0.4) is 0 Å². The summed E-state index contributed by atoms with van der Waals surface area (Å²) in [6.07, 6.45) is 0.488. The molecule has 0 saturated carbocycles. The van der Waals surface area contributed by atoms with E-state index in [4.69, 9.17) is 4.74 Å². The highest BCUT2D eigenvalue weighted by Gasteiger charge is 2.06. The van der Waals surface area contributed by atoms with E-state index in [-0.39, 0.29) is 0 Å². The van der Waals surface area contributed by atoms with Gasteiger partial charge >= 0.3 is 0 Å². The van der Waals surface area contributed by atoms with Gasteiger partial charge in [-0.1, -0.05) is 36.8 Å². The Morgan fingerprint density at radius 1 is 1.43 bits per heavy atom. The molecule has 1 aromatic rings. The van der Waals surface area contributed by atoms with E-state index in [1.54, 1.807) is 0 Å². The average molecular weight is 194 g/mol. The summed E-state index contributed by atoms with van der Waals surface area (Å²) in [5.41, 5.74) is 2.10. The van der Waals surface area contributed by atoms with Crippen LogP contribution in [-0.2, 0) is 4.74 Å². The van der Waals surface area contributed by atoms with E-state index in [1.807, 2.05) is 31.2 Å². The van der Waals surface area contributed by atoms with E-state index >= 15 is 0 Å². The van der Waals surface area contributed by atoms with Gasteiger partial charge in [-0.25, -0.2) is 0 Å². The Kier molecular flexibility index (Phi) is 4.63. The lowest BCUT2D eigenvalue weighted by Crippen LogP contribution is -2.07. The van der Waals surface area contributed by atoms with Crippen LogP contribution in [0.5, 0.6) is 0 Å². The van der Waals surface area contributed by atoms with Crippen molar-refractivity contribution in [1.29, 1.82) is 0 Å². The van der Waals surface area contributed by atoms with Crippen molar-refractivity contribution < 1.29 is 9.84 Å². The van der Waals surface area contributed by atoms with Gasteiger partial charge in [-0.05, 0) is 18.9 Å². The van der Waals surface area contributed by atoms with Gasteiger partial charge in [0.1, 0.15) is 6.10 Å². The van der Waals surface area contributed by atoms with Crippen LogP contribution in [0.25, 0.3) is 0 Å². The van der Waals surface area contributed by atoms with Crippen molar-refractivity contribution in [3.05, 3.63) is 35.4 Å². The van der Waals surface area contributed by atoms with E-state index in [0.29, 0.717) is 13.2 Å². The summed E-state index contributed by atoms with van der Waals surface area (Å²) in [5, 5.41) is 9.75. The predicted molar refractivity (Wildman–Crippen MR) is 57.2 cm³/mol. The molecule has 0 radical (unpaired) electrons. The minimum absolute atomic E-state index is 0.386. The zero-order valence-electron chi connectivity index (χ0n) is 8.86. The number of hydrogen-bond donors (Lipinski definition) is 1. The van der Waals surface area contributed by atoms with Gasteiger partial charge in [-0.15, -0.1) is 0 Å². The lowest BCUT2D eigenvalue weighted by Gasteiger charge is -2.11. The van der Waals surface area contributed by atoms with Crippen LogP contribution in [0.1, 0.15) is 30.6 Å². The highest BCUT2D eigenvalue weighted by atomic mass is 16.5. The van der Waals surface area contributed by atoms with Gasteiger partial charge in [0, 0.05) is 6.61 Å². The molecular weight excluding hydrogens is 176 g/mol. The second-order valence-electron chi connectivity index (χ2n) is 3.50. The van der Waals surface area contributed by atoms with E-state index in [9.17, 15) is 5.11 Å². The Morgan fingerprint density at radius 2 is 2.21 bits per heavy atom. The summed E-state index contributed by atoms with van der Waals surface area (Å²) in [6.45, 7) is 5.17. The van der Waals surface area contributed by atoms with Crippen molar-refractivity contribution in [1.82, 2.24) is 0 Å². The Morgan fingerprint density at radius 3 is 2.86 bits per heavy atom. The standard InChI is InChI=1S/C12H18O2/c1-3-7-14-9-12(13)11-6-4-5-10(2)8-11/h4-6,8,12-13H,3,7,9H2,1-2H3. The number of benzene rings is 1. The predicted octanol–water partition coefficient (Wildman–Crippen LogP) is 2.46. The first-order valence-electron chi connectivity index (χ1n) is 5.06. The van der Waals surface area contributed by atoms with Crippen LogP contribution in [0, 0.1) is 6.92 Å². The van der Waals surface area contributed by atoms with Crippen LogP contribution in [0.15, 0.2) is 24.3 Å². The lowest BCUT2D eigenvalue weighted by molar-refractivity contribution is 0.0363. The van der Waals surface area contributed by atoms with Gasteiger partial charge in [0.15, 0.2) is 0 Å². The largest absolute Gasteiger partial charge is 0.386 e. The van der Waals surface area contributed by atoms with E-state index in [1.165, 1.54) is 0 Å². The molecule has 0 spiro atoms. The monoisotopic (exact) mass is 194 g/mol. The molecule has 1 N–H and O–H groups in total. The second kappa shape index (κ2) is 5.78. The fourth-order valence-electron chi connectivity index (χ4n) is 1.31. The molecule has 0 aliphatic heterocycles. The topological polar surface area (TPSA) is 29.5 Å². The molecule has 0 heterocycles. The Labute approximate surface area is 85.5 Å². The first-order chi connectivity index (χ1) is 6.74. The molecule has 78 valence electrons. The molecule has 1 aromatic carbocycles. The molecule has 0 bridgehead atoms. The fourth-order valence-corrected chi connectivity index (χ4v) is 1.31. The summed E-state index contributed by atoms with van der Waals surface area (Å²) >= 11 is 0. The third-order valence-corrected chi connectivity index (χ3v) is 2.05. The summed E-state index contributed by atoms with van der Waals surface area (Å²) in [6, 6.07) is 7.88. The fraction of sp³-hybridized carbons (Fsp3) is 0.500. The SMILES string of the molecule is CCCOCC(O)c1cccc(C)c1. The summed E-state index contributed by atoms with van der Waals surface area (Å²) < 4.78 is 5.29. The third-order valence-electron chi connectivity index (χ3n) is 2.05. The summed E-state index contributed by atoms with van der Waals surface area (Å²) in [4.78, 5) is 0. The molecule has 2 heteroatoms. The highest BCUT2D eigenvalue weighted by Crippen LogP contribution is 2.14. The van der Waals surface area contributed by atoms with Crippen molar-refractivity contribution in [2.75, 3.05) is 13.2 Å². The minimum Gasteiger partial charge on any atom is -0.386 e. The van der Waals surface area contributed by atoms with Crippen LogP contribution < -0.4 is 0 Å². The third kappa shape index (κ3) is 3.48. The normalized spacial score (nSPS) is 12.8. The minimum atomic E-state index is -0.499. The molecular formula is C12H18O2. The van der Waals surface area contributed by atoms with Gasteiger partial charge < -0.3 is 9.84 Å². The molecule has 0 amide bonds. The Hall–Kier alpha value is -0.860. The average Bonchev–Trinajstić information content (AvgIpc) is 2.18. The van der Waals surface area contributed by atoms with Crippen molar-refractivity contribution >= 4 is 0 Å². The van der Waals surface area contributed by atoms with Crippen LogP contribution in [0.4, 0.5) is 0 Å². The van der Waals surface area contributed by atoms with Gasteiger partial charge in [-0.3, -0.25) is 0 Å². The maximum Gasteiger partial charge on any atom is 0.102 e. The smallest absolute Gasteiger partial charge is 0.102 e. The zero-order chi connectivity index (χ0) is 10.4. The number of hydrogen-bond acceptors (Lipinski definition) is 2. The van der Waals surface area contributed by atoms with Crippen molar-refractivity contribution in [2.45, 2.75) is 26.4 Å². The van der Waals surface area contributed by atoms with Crippen molar-refractivity contribution in [2.24, 2.45) is 0 Å². The number of ether oxygens (including phenoxy) is 1. The van der Waals surface area contributed by atoms with Gasteiger partial charge in [0.05, 0.1) is 6.61 Å². The molecule has 0 saturated heterocycles.